The summed E-state index contributed by atoms with van der Waals surface area (Å²) in [7, 11) is 0. The molecule has 588 valence electrons. The second-order valence-corrected chi connectivity index (χ2v) is 26.7. The molecular formula is C85H135NO18. The monoisotopic (exact) mass is 1460 g/mol. The highest BCUT2D eigenvalue weighted by atomic mass is 16.8. The number of aliphatic hydroxyl groups excluding tert-OH is 11. The number of rotatable bonds is 58. The second kappa shape index (κ2) is 62.9. The number of amides is 1. The Hall–Kier alpha value is -5.11. The van der Waals surface area contributed by atoms with Crippen molar-refractivity contribution in [3.05, 3.63) is 182 Å². The average molecular weight is 1460 g/mol. The third kappa shape index (κ3) is 42.4. The van der Waals surface area contributed by atoms with Gasteiger partial charge in [-0.1, -0.05) is 254 Å². The third-order valence-electron chi connectivity index (χ3n) is 17.9. The summed E-state index contributed by atoms with van der Waals surface area (Å²) in [4.78, 5) is 13.4. The van der Waals surface area contributed by atoms with Crippen molar-refractivity contribution in [3.8, 4) is 0 Å². The van der Waals surface area contributed by atoms with Gasteiger partial charge in [0.2, 0.25) is 5.91 Å². The first-order valence-electron chi connectivity index (χ1n) is 39.0. The Morgan fingerprint density at radius 2 is 0.673 bits per heavy atom. The first-order valence-corrected chi connectivity index (χ1v) is 39.0. The van der Waals surface area contributed by atoms with Crippen molar-refractivity contribution in [3.63, 3.8) is 0 Å². The minimum atomic E-state index is -2.00. The van der Waals surface area contributed by atoms with Crippen LogP contribution in [0, 0.1) is 0 Å². The number of unbranched alkanes of at least 4 members (excludes halogenated alkanes) is 14. The van der Waals surface area contributed by atoms with E-state index in [4.69, 9.17) is 28.4 Å². The highest BCUT2D eigenvalue weighted by Crippen LogP contribution is 2.33. The van der Waals surface area contributed by atoms with Crippen LogP contribution in [-0.2, 0) is 33.2 Å². The first kappa shape index (κ1) is 93.1. The van der Waals surface area contributed by atoms with Crippen LogP contribution in [0.15, 0.2) is 182 Å². The lowest BCUT2D eigenvalue weighted by Crippen LogP contribution is -2.66. The molecule has 3 rings (SSSR count). The number of nitrogens with one attached hydrogen (secondary N) is 1. The van der Waals surface area contributed by atoms with Gasteiger partial charge in [0, 0.05) is 6.42 Å². The summed E-state index contributed by atoms with van der Waals surface area (Å²) < 4.78 is 34.3. The predicted molar refractivity (Wildman–Crippen MR) is 414 cm³/mol. The lowest BCUT2D eigenvalue weighted by Gasteiger charge is -2.48. The van der Waals surface area contributed by atoms with Crippen molar-refractivity contribution in [2.24, 2.45) is 0 Å². The minimum absolute atomic E-state index is 0.164. The van der Waals surface area contributed by atoms with Gasteiger partial charge in [-0.25, -0.2) is 0 Å². The summed E-state index contributed by atoms with van der Waals surface area (Å²) in [5, 5.41) is 121. The smallest absolute Gasteiger partial charge is 0.220 e. The topological polar surface area (TPSA) is 307 Å². The number of ether oxygens (including phenoxy) is 6. The zero-order valence-corrected chi connectivity index (χ0v) is 62.7. The summed E-state index contributed by atoms with van der Waals surface area (Å²) in [6, 6.07) is -1.04. The van der Waals surface area contributed by atoms with E-state index in [0.717, 1.165) is 116 Å². The maximum atomic E-state index is 13.4. The molecule has 104 heavy (non-hydrogen) atoms. The molecule has 3 saturated heterocycles. The lowest BCUT2D eigenvalue weighted by atomic mass is 9.96. The van der Waals surface area contributed by atoms with Crippen LogP contribution < -0.4 is 5.32 Å². The molecule has 0 aromatic rings. The molecule has 3 heterocycles. The van der Waals surface area contributed by atoms with Crippen LogP contribution in [0.2, 0.25) is 0 Å². The van der Waals surface area contributed by atoms with E-state index in [-0.39, 0.29) is 12.3 Å². The van der Waals surface area contributed by atoms with Crippen LogP contribution in [0.5, 0.6) is 0 Å². The van der Waals surface area contributed by atoms with Crippen molar-refractivity contribution >= 4 is 5.91 Å². The van der Waals surface area contributed by atoms with Gasteiger partial charge in [0.15, 0.2) is 18.9 Å². The maximum absolute atomic E-state index is 13.4. The van der Waals surface area contributed by atoms with E-state index < -0.39 is 131 Å². The van der Waals surface area contributed by atoms with Crippen LogP contribution in [0.25, 0.3) is 0 Å². The predicted octanol–water partition coefficient (Wildman–Crippen LogP) is 12.8. The van der Waals surface area contributed by atoms with Gasteiger partial charge in [0.25, 0.3) is 0 Å². The van der Waals surface area contributed by atoms with E-state index in [1.165, 1.54) is 64.2 Å². The third-order valence-corrected chi connectivity index (χ3v) is 17.9. The highest BCUT2D eigenvalue weighted by molar-refractivity contribution is 5.76. The van der Waals surface area contributed by atoms with Crippen LogP contribution in [0.3, 0.4) is 0 Å². The van der Waals surface area contributed by atoms with Crippen molar-refractivity contribution < 1.29 is 89.4 Å². The Kier molecular flexibility index (Phi) is 56.3. The van der Waals surface area contributed by atoms with Crippen molar-refractivity contribution in [2.75, 3.05) is 26.4 Å². The van der Waals surface area contributed by atoms with Gasteiger partial charge < -0.3 is 89.9 Å². The number of aliphatic hydroxyl groups is 11. The number of carbonyl (C=O) groups is 1. The summed E-state index contributed by atoms with van der Waals surface area (Å²) in [6.45, 7) is 1.54. The van der Waals surface area contributed by atoms with E-state index in [0.29, 0.717) is 12.8 Å². The molecule has 1 amide bonds. The summed E-state index contributed by atoms with van der Waals surface area (Å²) in [5.74, 6) is -0.340. The standard InChI is InChI=1S/C85H135NO18/c1-3-5-7-9-11-13-15-17-19-21-23-25-26-27-28-29-30-31-32-33-34-35-36-37-38-39-40-41-42-43-45-47-49-51-53-55-57-59-61-63-73(91)86-68(69(90)62-60-58-56-54-52-50-48-46-44-24-22-20-18-16-14-12-10-8-6-4-2)67-99-83-79(97)76(94)81(71(65-88)101-83)104-85-80(98)77(95)82(72(66-89)102-85)103-84-78(96)75(93)74(92)70(64-87)100-84/h5,7,11,13,17,19,23,25,27-28,30-31,33-34,36-37,39-40,42-44,46-47,49,52-55,60,62,68-72,74-85,87-90,92-98H,3-4,6,8-10,12,14-16,18,20-22,24,26,29,32,35,38,41,45,48,50-51,56-59,61,63-67H2,1-2H3,(H,86,91)/b7-5-,13-11-,19-17-,25-23-,28-27-,31-30-,34-33-,37-36-,40-39-,43-42-,46-44+,49-47-,54-52+,55-53-,62-60+. The Labute approximate surface area is 623 Å². The number of carbonyl (C=O) groups excluding carboxylic acids is 1. The molecular weight excluding hydrogens is 1320 g/mol. The summed E-state index contributed by atoms with van der Waals surface area (Å²) >= 11 is 0. The van der Waals surface area contributed by atoms with Gasteiger partial charge in [0.05, 0.1) is 38.6 Å². The molecule has 0 bridgehead atoms. The van der Waals surface area contributed by atoms with Gasteiger partial charge in [-0.05, 0) is 135 Å². The average Bonchev–Trinajstić information content (AvgIpc) is 0.783. The molecule has 0 radical (unpaired) electrons. The zero-order valence-electron chi connectivity index (χ0n) is 62.7. The van der Waals surface area contributed by atoms with E-state index in [1.807, 2.05) is 6.08 Å². The number of hydrogen-bond acceptors (Lipinski definition) is 18. The van der Waals surface area contributed by atoms with Gasteiger partial charge in [-0.15, -0.1) is 0 Å². The van der Waals surface area contributed by atoms with Gasteiger partial charge in [-0.2, -0.15) is 0 Å². The molecule has 0 spiro atoms. The number of allylic oxidation sites excluding steroid dienone is 29. The zero-order chi connectivity index (χ0) is 75.3. The van der Waals surface area contributed by atoms with Gasteiger partial charge in [-0.3, -0.25) is 4.79 Å². The largest absolute Gasteiger partial charge is 0.394 e. The van der Waals surface area contributed by atoms with Crippen LogP contribution in [-0.4, -0.2) is 193 Å². The van der Waals surface area contributed by atoms with Crippen LogP contribution >= 0.6 is 0 Å². The van der Waals surface area contributed by atoms with E-state index in [9.17, 15) is 61.0 Å². The Bertz CT molecular complexity index is 2600. The van der Waals surface area contributed by atoms with Crippen LogP contribution in [0.1, 0.15) is 213 Å². The van der Waals surface area contributed by atoms with Gasteiger partial charge >= 0.3 is 0 Å². The normalized spacial score (nSPS) is 27.0. The Morgan fingerprint density at radius 3 is 1.08 bits per heavy atom. The molecule has 0 aromatic heterocycles. The summed E-state index contributed by atoms with van der Waals surface area (Å²) in [5.41, 5.74) is 0. The molecule has 0 saturated carbocycles. The second-order valence-electron chi connectivity index (χ2n) is 26.7. The van der Waals surface area contributed by atoms with E-state index in [1.54, 1.807) is 6.08 Å². The van der Waals surface area contributed by atoms with Crippen molar-refractivity contribution in [1.29, 1.82) is 0 Å². The van der Waals surface area contributed by atoms with Crippen molar-refractivity contribution in [1.82, 2.24) is 5.32 Å². The van der Waals surface area contributed by atoms with Gasteiger partial charge in [0.1, 0.15) is 73.2 Å². The SMILES string of the molecule is CC/C=C\C/C=C\C/C=C\C/C=C\C/C=C\C/C=C\C/C=C\C/C=C\C/C=C\C/C=C\C/C=C\C/C=C\CCCCC(=O)NC(COC1OC(CO)C(OC2OC(CO)C(OC3OC(CO)C(O)C(O)C3O)C(O)C2O)C(O)C1O)C(O)/C=C/CC/C=C/CC/C=C/CCCCCCCCCCCC. The molecule has 17 unspecified atom stereocenters. The van der Waals surface area contributed by atoms with Crippen molar-refractivity contribution in [2.45, 2.75) is 317 Å². The fraction of sp³-hybridized carbons (Fsp3) is 0.635. The molecule has 19 heteroatoms. The Balaban J connectivity index is 1.41. The summed E-state index contributed by atoms with van der Waals surface area (Å²) in [6.07, 6.45) is 68.7. The molecule has 3 aliphatic heterocycles. The Morgan fingerprint density at radius 1 is 0.356 bits per heavy atom. The fourth-order valence-corrected chi connectivity index (χ4v) is 11.7. The highest BCUT2D eigenvalue weighted by Gasteiger charge is 2.53. The van der Waals surface area contributed by atoms with E-state index >= 15 is 0 Å². The first-order chi connectivity index (χ1) is 50.8. The molecule has 12 N–H and O–H groups in total. The van der Waals surface area contributed by atoms with Crippen LogP contribution in [0.4, 0.5) is 0 Å². The molecule has 3 fully saturated rings. The molecule has 0 aliphatic carbocycles. The molecule has 17 atom stereocenters. The van der Waals surface area contributed by atoms with E-state index in [2.05, 4.69) is 189 Å². The fourth-order valence-electron chi connectivity index (χ4n) is 11.7. The minimum Gasteiger partial charge on any atom is -0.394 e. The number of hydrogen-bond donors (Lipinski definition) is 12. The quantitative estimate of drug-likeness (QED) is 0.0199. The molecule has 0 aromatic carbocycles. The molecule has 19 nitrogen and oxygen atoms in total. The molecule has 3 aliphatic rings. The maximum Gasteiger partial charge on any atom is 0.220 e. The lowest BCUT2D eigenvalue weighted by molar-refractivity contribution is -0.379.